The van der Waals surface area contributed by atoms with Gasteiger partial charge in [-0.2, -0.15) is 0 Å². The molecule has 0 amide bonds. The molecule has 2 aliphatic heterocycles. The van der Waals surface area contributed by atoms with Gasteiger partial charge in [0.1, 0.15) is 0 Å². The van der Waals surface area contributed by atoms with Crippen LogP contribution in [0.2, 0.25) is 0 Å². The van der Waals surface area contributed by atoms with E-state index >= 15 is 0 Å². The van der Waals surface area contributed by atoms with Gasteiger partial charge in [0.15, 0.2) is 0 Å². The van der Waals surface area contributed by atoms with Crippen molar-refractivity contribution in [2.24, 2.45) is 5.41 Å². The van der Waals surface area contributed by atoms with Gasteiger partial charge in [0.25, 0.3) is 0 Å². The number of rotatable bonds is 2. The molecule has 4 aromatic carbocycles. The summed E-state index contributed by atoms with van der Waals surface area (Å²) in [6.07, 6.45) is 1.17. The third kappa shape index (κ3) is 7.51. The zero-order valence-corrected chi connectivity index (χ0v) is 30.2. The molecule has 2 nitrogen and oxygen atoms in total. The van der Waals surface area contributed by atoms with Crippen molar-refractivity contribution in [1.82, 2.24) is 0 Å². The lowest BCUT2D eigenvalue weighted by Gasteiger charge is -2.34. The van der Waals surface area contributed by atoms with Gasteiger partial charge in [0.2, 0.25) is 0 Å². The fraction of sp³-hybridized carbons (Fsp3) is 0.400. The topological polar surface area (TPSA) is 24.1 Å². The summed E-state index contributed by atoms with van der Waals surface area (Å²) >= 11 is 3.75. The Morgan fingerprint density at radius 3 is 1.30 bits per heavy atom. The monoisotopic (exact) mass is 622 g/mol. The molecule has 232 valence electrons. The zero-order chi connectivity index (χ0) is 32.1. The van der Waals surface area contributed by atoms with Crippen LogP contribution in [0.4, 0.5) is 22.7 Å². The molecule has 0 spiro atoms. The maximum atomic E-state index is 3.58. The lowest BCUT2D eigenvalue weighted by Crippen LogP contribution is -2.25. The summed E-state index contributed by atoms with van der Waals surface area (Å²) in [5.74, 6) is 0. The largest absolute Gasteiger partial charge is 0.354 e. The van der Waals surface area contributed by atoms with E-state index in [4.69, 9.17) is 0 Å². The number of hydrogen-bond donors (Lipinski definition) is 2. The van der Waals surface area contributed by atoms with Crippen LogP contribution >= 0.6 is 23.5 Å². The van der Waals surface area contributed by atoms with Gasteiger partial charge in [-0.3, -0.25) is 0 Å². The fourth-order valence-corrected chi connectivity index (χ4v) is 8.19. The maximum Gasteiger partial charge on any atom is 0.0526 e. The molecule has 44 heavy (non-hydrogen) atoms. The van der Waals surface area contributed by atoms with Crippen molar-refractivity contribution in [3.63, 3.8) is 0 Å². The van der Waals surface area contributed by atoms with E-state index < -0.39 is 0 Å². The van der Waals surface area contributed by atoms with E-state index in [1.807, 2.05) is 23.5 Å². The molecule has 2 N–H and O–H groups in total. The highest BCUT2D eigenvalue weighted by atomic mass is 32.2. The minimum atomic E-state index is 0.184. The van der Waals surface area contributed by atoms with Crippen LogP contribution < -0.4 is 10.6 Å². The molecule has 4 heteroatoms. The molecule has 0 aromatic heterocycles. The van der Waals surface area contributed by atoms with E-state index in [0.29, 0.717) is 5.41 Å². The Kier molecular flexibility index (Phi) is 8.76. The molecule has 0 saturated heterocycles. The van der Waals surface area contributed by atoms with Crippen LogP contribution in [0.1, 0.15) is 99.3 Å². The molecule has 0 bridgehead atoms. The highest BCUT2D eigenvalue weighted by Crippen LogP contribution is 2.48. The van der Waals surface area contributed by atoms with Gasteiger partial charge in [-0.15, -0.1) is 0 Å². The van der Waals surface area contributed by atoms with Crippen molar-refractivity contribution < 1.29 is 0 Å². The van der Waals surface area contributed by atoms with E-state index in [1.54, 1.807) is 0 Å². The first kappa shape index (κ1) is 32.6. The molecule has 0 aliphatic carbocycles. The van der Waals surface area contributed by atoms with E-state index in [0.717, 1.165) is 0 Å². The van der Waals surface area contributed by atoms with Crippen molar-refractivity contribution in [2.75, 3.05) is 10.6 Å². The molecule has 0 saturated carbocycles. The summed E-state index contributed by atoms with van der Waals surface area (Å²) in [4.78, 5) is 5.29. The second kappa shape index (κ2) is 11.8. The summed E-state index contributed by atoms with van der Waals surface area (Å²) in [7, 11) is 0. The molecular weight excluding hydrogens is 573 g/mol. The fourth-order valence-electron chi connectivity index (χ4n) is 6.10. The van der Waals surface area contributed by atoms with Crippen LogP contribution in [0.5, 0.6) is 0 Å². The number of fused-ring (bicyclic) bond motifs is 4. The van der Waals surface area contributed by atoms with Crippen molar-refractivity contribution >= 4 is 46.3 Å². The summed E-state index contributed by atoms with van der Waals surface area (Å²) in [5.41, 5.74) is 9.94. The van der Waals surface area contributed by atoms with Gasteiger partial charge in [0, 0.05) is 19.6 Å². The summed E-state index contributed by atoms with van der Waals surface area (Å²) in [6.45, 7) is 25.3. The first-order valence-corrected chi connectivity index (χ1v) is 17.4. The zero-order valence-electron chi connectivity index (χ0n) is 28.5. The average molecular weight is 623 g/mol. The normalized spacial score (nSPS) is 14.1. The molecule has 6 rings (SSSR count). The number of nitrogens with one attached hydrogen (secondary N) is 2. The third-order valence-corrected chi connectivity index (χ3v) is 10.5. The number of para-hydroxylation sites is 1. The Morgan fingerprint density at radius 2 is 0.841 bits per heavy atom. The Bertz CT molecular complexity index is 1600. The van der Waals surface area contributed by atoms with Crippen LogP contribution in [0.3, 0.4) is 0 Å². The van der Waals surface area contributed by atoms with E-state index in [-0.39, 0.29) is 16.2 Å². The van der Waals surface area contributed by atoms with Crippen molar-refractivity contribution in [3.8, 4) is 0 Å². The summed E-state index contributed by atoms with van der Waals surface area (Å²) < 4.78 is 0. The van der Waals surface area contributed by atoms with Gasteiger partial charge < -0.3 is 10.6 Å². The van der Waals surface area contributed by atoms with Gasteiger partial charge in [-0.25, -0.2) is 0 Å². The second-order valence-electron chi connectivity index (χ2n) is 16.2. The number of benzene rings is 4. The van der Waals surface area contributed by atoms with E-state index in [1.165, 1.54) is 65.4 Å². The minimum absolute atomic E-state index is 0.184. The minimum Gasteiger partial charge on any atom is -0.354 e. The van der Waals surface area contributed by atoms with Crippen molar-refractivity contribution in [3.05, 3.63) is 95.6 Å². The number of anilines is 4. The predicted octanol–water partition coefficient (Wildman–Crippen LogP) is 13.1. The standard InChI is InChI=1S/2C20H25NS/c1-19(2,3)13-7-9-15-17(11-13)22-18-12-14(20(4,5)6)8-10-16(18)21-15;1-19(2,3)13-20(4,5)14-10-11-16-18(12-14)22-17-9-7-6-8-15(17)21-16/h7-12,21H,1-6H3;6-12,21H,13H2,1-5H3. The summed E-state index contributed by atoms with van der Waals surface area (Å²) in [6, 6.07) is 29.0. The lowest BCUT2D eigenvalue weighted by atomic mass is 9.72. The molecule has 2 aliphatic rings. The predicted molar refractivity (Wildman–Crippen MR) is 195 cm³/mol. The van der Waals surface area contributed by atoms with E-state index in [9.17, 15) is 0 Å². The Hall–Kier alpha value is -2.82. The lowest BCUT2D eigenvalue weighted by molar-refractivity contribution is 0.284. The molecule has 4 aromatic rings. The average Bonchev–Trinajstić information content (AvgIpc) is 2.92. The second-order valence-corrected chi connectivity index (χ2v) is 18.4. The molecular formula is C40H50N2S2. The van der Waals surface area contributed by atoms with Crippen LogP contribution in [0.25, 0.3) is 0 Å². The Morgan fingerprint density at radius 1 is 0.455 bits per heavy atom. The molecule has 0 atom stereocenters. The maximum absolute atomic E-state index is 3.58. The highest BCUT2D eigenvalue weighted by molar-refractivity contribution is 8.00. The van der Waals surface area contributed by atoms with Gasteiger partial charge in [-0.05, 0) is 93.3 Å². The summed E-state index contributed by atoms with van der Waals surface area (Å²) in [5, 5.41) is 7.12. The van der Waals surface area contributed by atoms with Crippen LogP contribution in [0.15, 0.2) is 98.4 Å². The van der Waals surface area contributed by atoms with E-state index in [2.05, 4.69) is 166 Å². The highest BCUT2D eigenvalue weighted by Gasteiger charge is 2.29. The van der Waals surface area contributed by atoms with Crippen molar-refractivity contribution in [2.45, 2.75) is 118 Å². The molecule has 0 radical (unpaired) electrons. The van der Waals surface area contributed by atoms with Crippen LogP contribution in [-0.4, -0.2) is 0 Å². The Balaban J connectivity index is 0.000000175. The first-order valence-electron chi connectivity index (χ1n) is 15.8. The van der Waals surface area contributed by atoms with Gasteiger partial charge in [-0.1, -0.05) is 130 Å². The molecule has 0 unspecified atom stereocenters. The SMILES string of the molecule is CC(C)(C)CC(C)(C)c1ccc2c(c1)Sc1ccccc1N2.CC(C)(C)c1ccc2c(c1)Sc1cc(C(C)(C)C)ccc1N2. The van der Waals surface area contributed by atoms with Crippen LogP contribution in [0, 0.1) is 5.41 Å². The van der Waals surface area contributed by atoms with Gasteiger partial charge >= 0.3 is 0 Å². The third-order valence-electron chi connectivity index (χ3n) is 8.30. The smallest absolute Gasteiger partial charge is 0.0526 e. The first-order chi connectivity index (χ1) is 20.4. The number of hydrogen-bond acceptors (Lipinski definition) is 4. The van der Waals surface area contributed by atoms with Gasteiger partial charge in [0.05, 0.1) is 22.7 Å². The Labute approximate surface area is 275 Å². The molecule has 2 heterocycles. The quantitative estimate of drug-likeness (QED) is 0.201. The van der Waals surface area contributed by atoms with Crippen molar-refractivity contribution in [1.29, 1.82) is 0 Å². The van der Waals surface area contributed by atoms with Crippen LogP contribution in [-0.2, 0) is 16.2 Å². The molecule has 0 fully saturated rings.